The van der Waals surface area contributed by atoms with Crippen molar-refractivity contribution in [2.24, 2.45) is 0 Å². The third kappa shape index (κ3) is 2.12. The number of aryl methyl sites for hydroxylation is 4. The minimum Gasteiger partial charge on any atom is -0.507 e. The summed E-state index contributed by atoms with van der Waals surface area (Å²) in [5.74, 6) is -1.92. The number of fused-ring (bicyclic) bond motifs is 1. The summed E-state index contributed by atoms with van der Waals surface area (Å²) >= 11 is 0. The summed E-state index contributed by atoms with van der Waals surface area (Å²) in [6, 6.07) is 8.64. The van der Waals surface area contributed by atoms with E-state index in [-0.39, 0.29) is 34.5 Å². The molecule has 32 heavy (non-hydrogen) atoms. The van der Waals surface area contributed by atoms with Gasteiger partial charge in [-0.1, -0.05) is 24.3 Å². The first kappa shape index (κ1) is 19.1. The maximum Gasteiger partial charge on any atom is 0.190 e. The molecule has 0 spiro atoms. The molecule has 3 aromatic rings. The van der Waals surface area contributed by atoms with Crippen molar-refractivity contribution in [2.45, 2.75) is 39.5 Å². The number of ketones is 2. The molecule has 158 valence electrons. The predicted molar refractivity (Wildman–Crippen MR) is 121 cm³/mol. The fourth-order valence-electron chi connectivity index (χ4n) is 5.82. The molecule has 4 aliphatic carbocycles. The van der Waals surface area contributed by atoms with Gasteiger partial charge in [-0.15, -0.1) is 0 Å². The van der Waals surface area contributed by atoms with Crippen LogP contribution in [0.15, 0.2) is 36.4 Å². The van der Waals surface area contributed by atoms with Crippen molar-refractivity contribution in [3.63, 3.8) is 0 Å². The molecule has 7 rings (SSSR count). The second-order valence-electron chi connectivity index (χ2n) is 9.33. The van der Waals surface area contributed by atoms with Gasteiger partial charge in [-0.05, 0) is 84.4 Å². The maximum atomic E-state index is 12.7. The second-order valence-corrected chi connectivity index (χ2v) is 9.33. The van der Waals surface area contributed by atoms with Crippen LogP contribution in [0.25, 0.3) is 0 Å². The second kappa shape index (κ2) is 5.98. The standard InChI is InChI=1S/C28H22O4/c1-11-7-15-16(8-12(11)2)22-18-10-14(4)13(3)9-17(18)21(15)25-26(22)28(32)24-20(30)6-5-19(29)23(24)27(25)31/h5-10,21-22,31-32H,1-4H3. The molecule has 4 heteroatoms. The van der Waals surface area contributed by atoms with Crippen LogP contribution in [0.4, 0.5) is 0 Å². The van der Waals surface area contributed by atoms with Crippen LogP contribution in [-0.2, 0) is 0 Å². The molecule has 4 aliphatic rings. The maximum absolute atomic E-state index is 12.7. The molecule has 0 radical (unpaired) electrons. The lowest BCUT2D eigenvalue weighted by atomic mass is 9.59. The molecule has 0 atom stereocenters. The quantitative estimate of drug-likeness (QED) is 0.334. The van der Waals surface area contributed by atoms with Crippen LogP contribution < -0.4 is 0 Å². The molecular formula is C28H22O4. The van der Waals surface area contributed by atoms with Crippen LogP contribution >= 0.6 is 0 Å². The van der Waals surface area contributed by atoms with E-state index in [1.165, 1.54) is 12.2 Å². The summed E-state index contributed by atoms with van der Waals surface area (Å²) in [5.41, 5.74) is 9.87. The summed E-state index contributed by atoms with van der Waals surface area (Å²) in [4.78, 5) is 25.3. The van der Waals surface area contributed by atoms with Gasteiger partial charge in [-0.3, -0.25) is 9.59 Å². The lowest BCUT2D eigenvalue weighted by Gasteiger charge is -2.44. The zero-order chi connectivity index (χ0) is 22.6. The molecule has 0 heterocycles. The fraction of sp³-hybridized carbons (Fsp3) is 0.214. The summed E-state index contributed by atoms with van der Waals surface area (Å²) in [5, 5.41) is 22.8. The average molecular weight is 422 g/mol. The van der Waals surface area contributed by atoms with Crippen LogP contribution in [0, 0.1) is 27.7 Å². The van der Waals surface area contributed by atoms with Crippen molar-refractivity contribution in [1.29, 1.82) is 0 Å². The minimum atomic E-state index is -0.461. The van der Waals surface area contributed by atoms with Gasteiger partial charge in [0, 0.05) is 23.0 Å². The van der Waals surface area contributed by atoms with Crippen LogP contribution in [-0.4, -0.2) is 21.8 Å². The van der Waals surface area contributed by atoms with Gasteiger partial charge in [-0.2, -0.15) is 0 Å². The van der Waals surface area contributed by atoms with Crippen LogP contribution in [0.2, 0.25) is 0 Å². The van der Waals surface area contributed by atoms with E-state index < -0.39 is 11.6 Å². The molecule has 0 fully saturated rings. The first-order valence-corrected chi connectivity index (χ1v) is 10.8. The zero-order valence-corrected chi connectivity index (χ0v) is 18.3. The lowest BCUT2D eigenvalue weighted by Crippen LogP contribution is -2.30. The third-order valence-corrected chi connectivity index (χ3v) is 7.62. The topological polar surface area (TPSA) is 74.6 Å². The van der Waals surface area contributed by atoms with Gasteiger partial charge in [0.25, 0.3) is 0 Å². The number of hydrogen-bond donors (Lipinski definition) is 2. The smallest absolute Gasteiger partial charge is 0.190 e. The number of phenolic OH excluding ortho intramolecular Hbond substituents is 2. The lowest BCUT2D eigenvalue weighted by molar-refractivity contribution is 0.0988. The summed E-state index contributed by atoms with van der Waals surface area (Å²) < 4.78 is 0. The van der Waals surface area contributed by atoms with Crippen LogP contribution in [0.1, 0.15) is 88.2 Å². The van der Waals surface area contributed by atoms with Crippen LogP contribution in [0.3, 0.4) is 0 Å². The van der Waals surface area contributed by atoms with E-state index >= 15 is 0 Å². The fourth-order valence-corrected chi connectivity index (χ4v) is 5.82. The normalized spacial score (nSPS) is 19.5. The van der Waals surface area contributed by atoms with E-state index in [2.05, 4.69) is 52.0 Å². The first-order chi connectivity index (χ1) is 15.2. The number of benzene rings is 3. The number of aromatic hydroxyl groups is 2. The Kier molecular flexibility index (Phi) is 3.56. The van der Waals surface area contributed by atoms with Gasteiger partial charge in [0.05, 0.1) is 11.1 Å². The number of rotatable bonds is 0. The highest BCUT2D eigenvalue weighted by atomic mass is 16.3. The van der Waals surface area contributed by atoms with Crippen molar-refractivity contribution >= 4 is 11.6 Å². The highest BCUT2D eigenvalue weighted by molar-refractivity contribution is 6.24. The molecule has 0 saturated carbocycles. The zero-order valence-electron chi connectivity index (χ0n) is 18.3. The monoisotopic (exact) mass is 422 g/mol. The van der Waals surface area contributed by atoms with Crippen molar-refractivity contribution < 1.29 is 19.8 Å². The Morgan fingerprint density at radius 2 is 0.844 bits per heavy atom. The van der Waals surface area contributed by atoms with Gasteiger partial charge < -0.3 is 10.2 Å². The average Bonchev–Trinajstić information content (AvgIpc) is 2.74. The number of allylic oxidation sites excluding steroid dienone is 2. The predicted octanol–water partition coefficient (Wildman–Crippen LogP) is 5.25. The molecule has 4 nitrogen and oxygen atoms in total. The molecule has 2 bridgehead atoms. The van der Waals surface area contributed by atoms with Gasteiger partial charge in [0.1, 0.15) is 11.5 Å². The first-order valence-electron chi connectivity index (χ1n) is 10.8. The van der Waals surface area contributed by atoms with Gasteiger partial charge in [0.2, 0.25) is 0 Å². The molecule has 3 aromatic carbocycles. The van der Waals surface area contributed by atoms with Gasteiger partial charge in [-0.25, -0.2) is 0 Å². The number of hydrogen-bond acceptors (Lipinski definition) is 4. The summed E-state index contributed by atoms with van der Waals surface area (Å²) in [6.45, 7) is 8.27. The molecule has 2 N–H and O–H groups in total. The Hall–Kier alpha value is -3.66. The van der Waals surface area contributed by atoms with E-state index in [1.807, 2.05) is 0 Å². The van der Waals surface area contributed by atoms with E-state index in [0.29, 0.717) is 11.1 Å². The highest BCUT2D eigenvalue weighted by Gasteiger charge is 2.47. The van der Waals surface area contributed by atoms with E-state index in [9.17, 15) is 19.8 Å². The minimum absolute atomic E-state index is 0.0860. The Balaban J connectivity index is 1.80. The SMILES string of the molecule is Cc1cc2c(cc1C)C1c3cc(C)c(C)cc3C2c2c(O)c3c(c(O)c21)C(=O)C=CC3=O. The number of carbonyl (C=O) groups is 2. The van der Waals surface area contributed by atoms with Crippen molar-refractivity contribution in [2.75, 3.05) is 0 Å². The Morgan fingerprint density at radius 3 is 1.12 bits per heavy atom. The Bertz CT molecular complexity index is 1300. The highest BCUT2D eigenvalue weighted by Crippen LogP contribution is 2.62. The number of carbonyl (C=O) groups excluding carboxylic acids is 2. The van der Waals surface area contributed by atoms with Crippen molar-refractivity contribution in [1.82, 2.24) is 0 Å². The number of phenols is 2. The van der Waals surface area contributed by atoms with E-state index in [4.69, 9.17) is 0 Å². The molecule has 0 aromatic heterocycles. The van der Waals surface area contributed by atoms with Gasteiger partial charge in [0.15, 0.2) is 11.6 Å². The molecule has 0 amide bonds. The Morgan fingerprint density at radius 1 is 0.562 bits per heavy atom. The molecule has 0 unspecified atom stereocenters. The molecular weight excluding hydrogens is 400 g/mol. The van der Waals surface area contributed by atoms with E-state index in [1.54, 1.807) is 0 Å². The molecule has 0 aliphatic heterocycles. The third-order valence-electron chi connectivity index (χ3n) is 7.62. The molecule has 0 saturated heterocycles. The van der Waals surface area contributed by atoms with Gasteiger partial charge >= 0.3 is 0 Å². The van der Waals surface area contributed by atoms with Crippen molar-refractivity contribution in [3.8, 4) is 11.5 Å². The summed E-state index contributed by atoms with van der Waals surface area (Å²) in [7, 11) is 0. The summed E-state index contributed by atoms with van der Waals surface area (Å²) in [6.07, 6.45) is 2.33. The largest absolute Gasteiger partial charge is 0.507 e. The Labute approximate surface area is 185 Å². The van der Waals surface area contributed by atoms with Crippen molar-refractivity contribution in [3.05, 3.63) is 103 Å². The van der Waals surface area contributed by atoms with Crippen LogP contribution in [0.5, 0.6) is 11.5 Å². The van der Waals surface area contributed by atoms with E-state index in [0.717, 1.165) is 44.5 Å².